The number of rotatable bonds is 7. The fraction of sp³-hybridized carbons (Fsp3) is 0.217. The lowest BCUT2D eigenvalue weighted by Gasteiger charge is -2.11. The number of hydrogen-bond donors (Lipinski definition) is 2. The Hall–Kier alpha value is -3.12. The monoisotopic (exact) mass is 427 g/mol. The van der Waals surface area contributed by atoms with Crippen LogP contribution in [-0.4, -0.2) is 29.5 Å². The van der Waals surface area contributed by atoms with Crippen molar-refractivity contribution in [3.05, 3.63) is 88.0 Å². The third-order valence-corrected chi connectivity index (χ3v) is 4.96. The molecule has 2 N–H and O–H groups in total. The van der Waals surface area contributed by atoms with Gasteiger partial charge >= 0.3 is 0 Å². The van der Waals surface area contributed by atoms with Crippen molar-refractivity contribution in [3.8, 4) is 5.69 Å². The second kappa shape index (κ2) is 9.59. The van der Waals surface area contributed by atoms with Gasteiger partial charge in [0.2, 0.25) is 5.91 Å². The number of amides is 2. The van der Waals surface area contributed by atoms with Crippen molar-refractivity contribution in [1.29, 1.82) is 0 Å². The lowest BCUT2D eigenvalue weighted by molar-refractivity contribution is -0.120. The molecule has 0 fully saturated rings. The topological polar surface area (TPSA) is 63.1 Å². The van der Waals surface area contributed by atoms with Gasteiger partial charge in [0.25, 0.3) is 5.91 Å². The van der Waals surface area contributed by atoms with Gasteiger partial charge in [-0.2, -0.15) is 0 Å². The molecular weight excluding hydrogens is 405 g/mol. The first-order valence-corrected chi connectivity index (χ1v) is 9.97. The molecule has 7 heteroatoms. The van der Waals surface area contributed by atoms with Crippen molar-refractivity contribution in [2.75, 3.05) is 13.1 Å². The first-order chi connectivity index (χ1) is 14.3. The summed E-state index contributed by atoms with van der Waals surface area (Å²) in [4.78, 5) is 24.6. The summed E-state index contributed by atoms with van der Waals surface area (Å²) in [6.45, 7) is 4.38. The van der Waals surface area contributed by atoms with E-state index in [1.807, 2.05) is 42.7 Å². The quantitative estimate of drug-likeness (QED) is 0.560. The molecule has 1 heterocycles. The van der Waals surface area contributed by atoms with Crippen molar-refractivity contribution in [1.82, 2.24) is 15.2 Å². The zero-order valence-electron chi connectivity index (χ0n) is 16.8. The van der Waals surface area contributed by atoms with Crippen molar-refractivity contribution in [3.63, 3.8) is 0 Å². The Morgan fingerprint density at radius 1 is 1.00 bits per heavy atom. The molecule has 0 aliphatic carbocycles. The minimum Gasteiger partial charge on any atom is -0.354 e. The van der Waals surface area contributed by atoms with E-state index in [0.717, 1.165) is 17.1 Å². The number of halogens is 2. The molecule has 1 aromatic heterocycles. The summed E-state index contributed by atoms with van der Waals surface area (Å²) in [5.41, 5.74) is 3.79. The second-order valence-electron chi connectivity index (χ2n) is 7.01. The maximum atomic E-state index is 13.2. The van der Waals surface area contributed by atoms with Crippen LogP contribution in [0, 0.1) is 19.7 Å². The molecule has 0 saturated heterocycles. The maximum Gasteiger partial charge on any atom is 0.253 e. The standard InChI is InChI=1S/C23H23ClFN3O2/c1-15-11-21(16(2)28(15)20-8-4-6-18(24)14-20)23(30)27-10-9-26-22(29)13-17-5-3-7-19(25)12-17/h3-8,11-12,14H,9-10,13H2,1-2H3,(H,26,29)(H,27,30). The van der Waals surface area contributed by atoms with E-state index in [1.165, 1.54) is 12.1 Å². The van der Waals surface area contributed by atoms with Crippen molar-refractivity contribution in [2.45, 2.75) is 20.3 Å². The molecule has 0 atom stereocenters. The lowest BCUT2D eigenvalue weighted by Crippen LogP contribution is -2.35. The van der Waals surface area contributed by atoms with E-state index in [1.54, 1.807) is 18.2 Å². The van der Waals surface area contributed by atoms with E-state index < -0.39 is 0 Å². The Morgan fingerprint density at radius 2 is 1.73 bits per heavy atom. The summed E-state index contributed by atoms with van der Waals surface area (Å²) >= 11 is 6.09. The van der Waals surface area contributed by atoms with E-state index in [9.17, 15) is 14.0 Å². The minimum absolute atomic E-state index is 0.0898. The number of aromatic nitrogens is 1. The van der Waals surface area contributed by atoms with Crippen LogP contribution in [0.1, 0.15) is 27.3 Å². The molecule has 2 aromatic carbocycles. The molecule has 5 nitrogen and oxygen atoms in total. The molecule has 0 spiro atoms. The fourth-order valence-electron chi connectivity index (χ4n) is 3.37. The van der Waals surface area contributed by atoms with E-state index in [0.29, 0.717) is 16.1 Å². The Labute approximate surface area is 179 Å². The zero-order valence-corrected chi connectivity index (χ0v) is 17.6. The SMILES string of the molecule is Cc1cc(C(=O)NCCNC(=O)Cc2cccc(F)c2)c(C)n1-c1cccc(Cl)c1. The largest absolute Gasteiger partial charge is 0.354 e. The van der Waals surface area contributed by atoms with Gasteiger partial charge in [-0.3, -0.25) is 9.59 Å². The van der Waals surface area contributed by atoms with Crippen molar-refractivity contribution >= 4 is 23.4 Å². The third kappa shape index (κ3) is 5.27. The molecule has 2 amide bonds. The molecule has 0 radical (unpaired) electrons. The highest BCUT2D eigenvalue weighted by molar-refractivity contribution is 6.30. The summed E-state index contributed by atoms with van der Waals surface area (Å²) in [6.07, 6.45) is 0.0898. The summed E-state index contributed by atoms with van der Waals surface area (Å²) in [7, 11) is 0. The normalized spacial score (nSPS) is 10.7. The summed E-state index contributed by atoms with van der Waals surface area (Å²) < 4.78 is 15.2. The highest BCUT2D eigenvalue weighted by atomic mass is 35.5. The van der Waals surface area contributed by atoms with Crippen LogP contribution >= 0.6 is 11.6 Å². The van der Waals surface area contributed by atoms with Gasteiger partial charge < -0.3 is 15.2 Å². The Balaban J connectivity index is 1.54. The molecule has 0 aliphatic heterocycles. The smallest absolute Gasteiger partial charge is 0.253 e. The molecule has 156 valence electrons. The van der Waals surface area contributed by atoms with E-state index in [2.05, 4.69) is 10.6 Å². The molecule has 0 saturated carbocycles. The lowest BCUT2D eigenvalue weighted by atomic mass is 10.1. The molecule has 30 heavy (non-hydrogen) atoms. The summed E-state index contributed by atoms with van der Waals surface area (Å²) in [6, 6.07) is 15.2. The average Bonchev–Trinajstić information content (AvgIpc) is 2.99. The van der Waals surface area contributed by atoms with Crippen LogP contribution < -0.4 is 10.6 Å². The number of benzene rings is 2. The second-order valence-corrected chi connectivity index (χ2v) is 7.45. The number of nitrogens with zero attached hydrogens (tertiary/aromatic N) is 1. The summed E-state index contributed by atoms with van der Waals surface area (Å²) in [5.74, 6) is -0.812. The van der Waals surface area contributed by atoms with Gasteiger partial charge in [-0.1, -0.05) is 29.8 Å². The van der Waals surface area contributed by atoms with Crippen LogP contribution in [0.25, 0.3) is 5.69 Å². The van der Waals surface area contributed by atoms with Gasteiger partial charge in [-0.15, -0.1) is 0 Å². The fourth-order valence-corrected chi connectivity index (χ4v) is 3.56. The average molecular weight is 428 g/mol. The molecule has 3 rings (SSSR count). The first-order valence-electron chi connectivity index (χ1n) is 9.59. The number of nitrogens with one attached hydrogen (secondary N) is 2. The first kappa shape index (κ1) is 21.6. The van der Waals surface area contributed by atoms with Crippen LogP contribution in [0.5, 0.6) is 0 Å². The van der Waals surface area contributed by atoms with Crippen molar-refractivity contribution in [2.24, 2.45) is 0 Å². The Kier molecular flexibility index (Phi) is 6.90. The molecule has 0 aliphatic rings. The Bertz CT molecular complexity index is 1080. The molecular formula is C23H23ClFN3O2. The Morgan fingerprint density at radius 3 is 2.47 bits per heavy atom. The number of carbonyl (C=O) groups excluding carboxylic acids is 2. The molecule has 3 aromatic rings. The van der Waals surface area contributed by atoms with Crippen LogP contribution in [0.4, 0.5) is 4.39 Å². The number of carbonyl (C=O) groups is 2. The molecule has 0 bridgehead atoms. The van der Waals surface area contributed by atoms with Crippen molar-refractivity contribution < 1.29 is 14.0 Å². The van der Waals surface area contributed by atoms with Crippen LogP contribution in [0.15, 0.2) is 54.6 Å². The number of hydrogen-bond acceptors (Lipinski definition) is 2. The van der Waals surface area contributed by atoms with Gasteiger partial charge in [0.15, 0.2) is 0 Å². The van der Waals surface area contributed by atoms with E-state index in [-0.39, 0.29) is 37.1 Å². The van der Waals surface area contributed by atoms with Gasteiger partial charge in [-0.25, -0.2) is 4.39 Å². The van der Waals surface area contributed by atoms with Gasteiger partial charge in [-0.05, 0) is 55.8 Å². The summed E-state index contributed by atoms with van der Waals surface area (Å²) in [5, 5.41) is 6.17. The van der Waals surface area contributed by atoms with Crippen LogP contribution in [0.2, 0.25) is 5.02 Å². The number of aryl methyl sites for hydroxylation is 1. The van der Waals surface area contributed by atoms with Crippen LogP contribution in [-0.2, 0) is 11.2 Å². The van der Waals surface area contributed by atoms with E-state index in [4.69, 9.17) is 11.6 Å². The van der Waals surface area contributed by atoms with Crippen LogP contribution in [0.3, 0.4) is 0 Å². The minimum atomic E-state index is -0.372. The highest BCUT2D eigenvalue weighted by Crippen LogP contribution is 2.22. The predicted molar refractivity (Wildman–Crippen MR) is 116 cm³/mol. The van der Waals surface area contributed by atoms with E-state index >= 15 is 0 Å². The van der Waals surface area contributed by atoms with Gasteiger partial charge in [0.1, 0.15) is 5.82 Å². The highest BCUT2D eigenvalue weighted by Gasteiger charge is 2.16. The van der Waals surface area contributed by atoms with Gasteiger partial charge in [0.05, 0.1) is 12.0 Å². The predicted octanol–water partition coefficient (Wildman–Crippen LogP) is 3.98. The van der Waals surface area contributed by atoms with Gasteiger partial charge in [0, 0.05) is 35.2 Å². The molecule has 0 unspecified atom stereocenters. The maximum absolute atomic E-state index is 13.2. The zero-order chi connectivity index (χ0) is 21.7. The third-order valence-electron chi connectivity index (χ3n) is 4.73.